The van der Waals surface area contributed by atoms with Gasteiger partial charge in [-0.25, -0.2) is 4.79 Å². The van der Waals surface area contributed by atoms with Crippen molar-refractivity contribution < 1.29 is 14.6 Å². The zero-order chi connectivity index (χ0) is 15.4. The van der Waals surface area contributed by atoms with E-state index in [1.165, 1.54) is 0 Å². The van der Waals surface area contributed by atoms with E-state index in [0.29, 0.717) is 18.9 Å². The minimum absolute atomic E-state index is 0.137. The molecule has 0 aromatic heterocycles. The number of aliphatic hydroxyl groups is 1. The fourth-order valence-corrected chi connectivity index (χ4v) is 2.50. The number of fused-ring (bicyclic) bond motifs is 1. The van der Waals surface area contributed by atoms with Crippen molar-refractivity contribution >= 4 is 6.03 Å². The van der Waals surface area contributed by atoms with Crippen molar-refractivity contribution in [3.8, 4) is 5.75 Å². The van der Waals surface area contributed by atoms with E-state index in [1.54, 1.807) is 0 Å². The monoisotopic (exact) mass is 292 g/mol. The smallest absolute Gasteiger partial charge is 0.315 e. The maximum absolute atomic E-state index is 11.9. The SMILES string of the molecule is Cc1ccc2c(c1)C(NC(=O)NCC(O)CC(C)C)CO2. The highest BCUT2D eigenvalue weighted by Gasteiger charge is 2.25. The molecule has 1 aromatic rings. The molecule has 21 heavy (non-hydrogen) atoms. The number of rotatable bonds is 5. The molecule has 2 atom stereocenters. The molecule has 2 amide bonds. The van der Waals surface area contributed by atoms with E-state index in [0.717, 1.165) is 16.9 Å². The average molecular weight is 292 g/mol. The summed E-state index contributed by atoms with van der Waals surface area (Å²) in [5.41, 5.74) is 2.15. The highest BCUT2D eigenvalue weighted by molar-refractivity contribution is 5.74. The predicted octanol–water partition coefficient (Wildman–Crippen LogP) is 2.13. The number of aliphatic hydroxyl groups excluding tert-OH is 1. The number of amides is 2. The summed E-state index contributed by atoms with van der Waals surface area (Å²) in [6, 6.07) is 5.53. The Morgan fingerprint density at radius 3 is 2.95 bits per heavy atom. The summed E-state index contributed by atoms with van der Waals surface area (Å²) in [5, 5.41) is 15.3. The molecule has 2 unspecified atom stereocenters. The molecule has 5 nitrogen and oxygen atoms in total. The molecule has 0 saturated carbocycles. The summed E-state index contributed by atoms with van der Waals surface area (Å²) < 4.78 is 5.55. The average Bonchev–Trinajstić information content (AvgIpc) is 2.78. The predicted molar refractivity (Wildman–Crippen MR) is 81.4 cm³/mol. The molecule has 0 spiro atoms. The standard InChI is InChI=1S/C16H24N2O3/c1-10(2)6-12(19)8-17-16(20)18-14-9-21-15-5-4-11(3)7-13(14)15/h4-5,7,10,12,14,19H,6,8-9H2,1-3H3,(H2,17,18,20). The van der Waals surface area contributed by atoms with Crippen LogP contribution in [0.15, 0.2) is 18.2 Å². The van der Waals surface area contributed by atoms with Crippen molar-refractivity contribution in [2.75, 3.05) is 13.2 Å². The largest absolute Gasteiger partial charge is 0.491 e. The van der Waals surface area contributed by atoms with Gasteiger partial charge in [-0.2, -0.15) is 0 Å². The third kappa shape index (κ3) is 4.36. The Morgan fingerprint density at radius 2 is 2.24 bits per heavy atom. The zero-order valence-electron chi connectivity index (χ0n) is 12.8. The fourth-order valence-electron chi connectivity index (χ4n) is 2.50. The van der Waals surface area contributed by atoms with Gasteiger partial charge in [0.15, 0.2) is 0 Å². The van der Waals surface area contributed by atoms with Gasteiger partial charge in [-0.3, -0.25) is 0 Å². The van der Waals surface area contributed by atoms with Crippen LogP contribution < -0.4 is 15.4 Å². The maximum atomic E-state index is 11.9. The van der Waals surface area contributed by atoms with E-state index in [9.17, 15) is 9.90 Å². The van der Waals surface area contributed by atoms with E-state index >= 15 is 0 Å². The Balaban J connectivity index is 1.84. The second kappa shape index (κ2) is 6.80. The van der Waals surface area contributed by atoms with Gasteiger partial charge in [0.1, 0.15) is 12.4 Å². The topological polar surface area (TPSA) is 70.6 Å². The van der Waals surface area contributed by atoms with Crippen LogP contribution in [0.1, 0.15) is 37.4 Å². The van der Waals surface area contributed by atoms with E-state index in [4.69, 9.17) is 4.74 Å². The number of nitrogens with one attached hydrogen (secondary N) is 2. The summed E-state index contributed by atoms with van der Waals surface area (Å²) in [6.07, 6.45) is 0.166. The van der Waals surface area contributed by atoms with Crippen molar-refractivity contribution in [3.05, 3.63) is 29.3 Å². The van der Waals surface area contributed by atoms with Crippen LogP contribution in [0.3, 0.4) is 0 Å². The van der Waals surface area contributed by atoms with Gasteiger partial charge in [0.05, 0.1) is 12.1 Å². The third-order valence-electron chi connectivity index (χ3n) is 3.49. The first-order chi connectivity index (χ1) is 9.95. The molecular formula is C16H24N2O3. The van der Waals surface area contributed by atoms with Crippen LogP contribution in [-0.2, 0) is 0 Å². The van der Waals surface area contributed by atoms with Crippen molar-refractivity contribution in [1.82, 2.24) is 10.6 Å². The summed E-state index contributed by atoms with van der Waals surface area (Å²) >= 11 is 0. The molecule has 116 valence electrons. The van der Waals surface area contributed by atoms with Crippen LogP contribution in [0, 0.1) is 12.8 Å². The molecule has 0 radical (unpaired) electrons. The van der Waals surface area contributed by atoms with Gasteiger partial charge in [-0.05, 0) is 25.3 Å². The van der Waals surface area contributed by atoms with E-state index in [2.05, 4.69) is 10.6 Å². The number of aryl methyl sites for hydroxylation is 1. The second-order valence-electron chi connectivity index (χ2n) is 6.04. The number of carbonyl (C=O) groups excluding carboxylic acids is 1. The quantitative estimate of drug-likeness (QED) is 0.778. The van der Waals surface area contributed by atoms with Crippen molar-refractivity contribution in [3.63, 3.8) is 0 Å². The summed E-state index contributed by atoms with van der Waals surface area (Å²) in [7, 11) is 0. The molecule has 0 aliphatic carbocycles. The Hall–Kier alpha value is -1.75. The minimum Gasteiger partial charge on any atom is -0.491 e. The Kier molecular flexibility index (Phi) is 5.07. The van der Waals surface area contributed by atoms with Gasteiger partial charge in [0.2, 0.25) is 0 Å². The summed E-state index contributed by atoms with van der Waals surface area (Å²) in [5.74, 6) is 1.23. The van der Waals surface area contributed by atoms with Gasteiger partial charge in [0, 0.05) is 12.1 Å². The lowest BCUT2D eigenvalue weighted by molar-refractivity contribution is 0.146. The first-order valence-corrected chi connectivity index (χ1v) is 7.41. The molecule has 5 heteroatoms. The molecule has 2 rings (SSSR count). The Labute approximate surface area is 125 Å². The maximum Gasteiger partial charge on any atom is 0.315 e. The molecule has 3 N–H and O–H groups in total. The number of carbonyl (C=O) groups is 1. The molecular weight excluding hydrogens is 268 g/mol. The summed E-state index contributed by atoms with van der Waals surface area (Å²) in [6.45, 7) is 6.80. The zero-order valence-corrected chi connectivity index (χ0v) is 12.8. The number of benzene rings is 1. The normalized spacial score (nSPS) is 18.0. The van der Waals surface area contributed by atoms with Crippen LogP contribution in [0.4, 0.5) is 4.79 Å². The first kappa shape index (κ1) is 15.6. The Morgan fingerprint density at radius 1 is 1.48 bits per heavy atom. The van der Waals surface area contributed by atoms with E-state index in [-0.39, 0.29) is 18.6 Å². The van der Waals surface area contributed by atoms with Crippen LogP contribution >= 0.6 is 0 Å². The van der Waals surface area contributed by atoms with E-state index < -0.39 is 6.10 Å². The van der Waals surface area contributed by atoms with Gasteiger partial charge in [-0.15, -0.1) is 0 Å². The lowest BCUT2D eigenvalue weighted by atomic mass is 10.1. The van der Waals surface area contributed by atoms with Crippen LogP contribution in [0.2, 0.25) is 0 Å². The lowest BCUT2D eigenvalue weighted by Crippen LogP contribution is -2.42. The van der Waals surface area contributed by atoms with Gasteiger partial charge in [0.25, 0.3) is 0 Å². The number of hydrogen-bond donors (Lipinski definition) is 3. The molecule has 0 fully saturated rings. The number of ether oxygens (including phenoxy) is 1. The van der Waals surface area contributed by atoms with Crippen LogP contribution in [0.5, 0.6) is 5.75 Å². The summed E-state index contributed by atoms with van der Waals surface area (Å²) in [4.78, 5) is 11.9. The molecule has 0 saturated heterocycles. The van der Waals surface area contributed by atoms with E-state index in [1.807, 2.05) is 39.0 Å². The van der Waals surface area contributed by atoms with Gasteiger partial charge < -0.3 is 20.5 Å². The molecule has 1 aromatic carbocycles. The van der Waals surface area contributed by atoms with Gasteiger partial charge >= 0.3 is 6.03 Å². The van der Waals surface area contributed by atoms with Gasteiger partial charge in [-0.1, -0.05) is 31.5 Å². The highest BCUT2D eigenvalue weighted by Crippen LogP contribution is 2.32. The number of hydrogen-bond acceptors (Lipinski definition) is 3. The van der Waals surface area contributed by atoms with Crippen LogP contribution in [0.25, 0.3) is 0 Å². The third-order valence-corrected chi connectivity index (χ3v) is 3.49. The minimum atomic E-state index is -0.509. The molecule has 1 aliphatic rings. The first-order valence-electron chi connectivity index (χ1n) is 7.41. The highest BCUT2D eigenvalue weighted by atomic mass is 16.5. The lowest BCUT2D eigenvalue weighted by Gasteiger charge is -2.16. The second-order valence-corrected chi connectivity index (χ2v) is 6.04. The number of urea groups is 1. The fraction of sp³-hybridized carbons (Fsp3) is 0.562. The Bertz CT molecular complexity index is 502. The van der Waals surface area contributed by atoms with Crippen LogP contribution in [-0.4, -0.2) is 30.4 Å². The van der Waals surface area contributed by atoms with Crippen molar-refractivity contribution in [1.29, 1.82) is 0 Å². The molecule has 1 heterocycles. The molecule has 0 bridgehead atoms. The van der Waals surface area contributed by atoms with Crippen molar-refractivity contribution in [2.45, 2.75) is 39.3 Å². The molecule has 1 aliphatic heterocycles. The van der Waals surface area contributed by atoms with Crippen molar-refractivity contribution in [2.24, 2.45) is 5.92 Å².